The maximum absolute atomic E-state index is 12.0. The summed E-state index contributed by atoms with van der Waals surface area (Å²) in [4.78, 5) is 14.3. The molecule has 3 heterocycles. The van der Waals surface area contributed by atoms with Gasteiger partial charge in [-0.1, -0.05) is 0 Å². The lowest BCUT2D eigenvalue weighted by Crippen LogP contribution is -2.42. The summed E-state index contributed by atoms with van der Waals surface area (Å²) >= 11 is 0. The first-order chi connectivity index (χ1) is 10.3. The van der Waals surface area contributed by atoms with Crippen LogP contribution in [0.15, 0.2) is 18.3 Å². The van der Waals surface area contributed by atoms with Crippen molar-refractivity contribution in [2.45, 2.75) is 44.2 Å². The normalized spacial score (nSPS) is 23.0. The van der Waals surface area contributed by atoms with Gasteiger partial charge in [0.15, 0.2) is 5.82 Å². The van der Waals surface area contributed by atoms with Crippen LogP contribution >= 0.6 is 24.8 Å². The van der Waals surface area contributed by atoms with Crippen LogP contribution in [0.4, 0.5) is 5.82 Å². The molecule has 2 aliphatic rings. The average Bonchev–Trinajstić information content (AvgIpc) is 3.17. The van der Waals surface area contributed by atoms with E-state index >= 15 is 0 Å². The van der Waals surface area contributed by atoms with Gasteiger partial charge in [-0.3, -0.25) is 4.79 Å². The molecule has 3 rings (SSSR count). The molecule has 2 atom stereocenters. The van der Waals surface area contributed by atoms with Gasteiger partial charge >= 0.3 is 0 Å². The SMILES string of the molecule is Cl.Cl.O=C(CC1CCCN1)NCC1CCCN1c1cccnn1. The van der Waals surface area contributed by atoms with E-state index in [2.05, 4.69) is 25.7 Å². The van der Waals surface area contributed by atoms with Gasteiger partial charge in [-0.25, -0.2) is 0 Å². The molecule has 0 radical (unpaired) electrons. The largest absolute Gasteiger partial charge is 0.354 e. The molecule has 0 spiro atoms. The summed E-state index contributed by atoms with van der Waals surface area (Å²) in [6.07, 6.45) is 6.81. The number of aromatic nitrogens is 2. The summed E-state index contributed by atoms with van der Waals surface area (Å²) in [6.45, 7) is 2.73. The second-order valence-corrected chi connectivity index (χ2v) is 5.87. The van der Waals surface area contributed by atoms with Gasteiger partial charge in [0.1, 0.15) is 0 Å². The Balaban J connectivity index is 0.00000132. The molecule has 130 valence electrons. The predicted molar refractivity (Wildman–Crippen MR) is 95.5 cm³/mol. The zero-order chi connectivity index (χ0) is 14.5. The Morgan fingerprint density at radius 2 is 2.22 bits per heavy atom. The third-order valence-corrected chi connectivity index (χ3v) is 4.36. The molecule has 2 aliphatic heterocycles. The number of carbonyl (C=O) groups excluding carboxylic acids is 1. The number of halogens is 2. The Hall–Kier alpha value is -1.11. The predicted octanol–water partition coefficient (Wildman–Crippen LogP) is 1.55. The quantitative estimate of drug-likeness (QED) is 0.832. The molecule has 2 saturated heterocycles. The number of anilines is 1. The van der Waals surface area contributed by atoms with Gasteiger partial charge in [0.05, 0.1) is 0 Å². The number of carbonyl (C=O) groups is 1. The highest BCUT2D eigenvalue weighted by atomic mass is 35.5. The first-order valence-electron chi connectivity index (χ1n) is 7.87. The Labute approximate surface area is 149 Å². The van der Waals surface area contributed by atoms with Crippen molar-refractivity contribution < 1.29 is 4.79 Å². The van der Waals surface area contributed by atoms with Crippen molar-refractivity contribution in [1.82, 2.24) is 20.8 Å². The lowest BCUT2D eigenvalue weighted by atomic mass is 10.1. The molecule has 8 heteroatoms. The van der Waals surface area contributed by atoms with Gasteiger partial charge in [0, 0.05) is 37.8 Å². The van der Waals surface area contributed by atoms with E-state index in [-0.39, 0.29) is 30.7 Å². The highest BCUT2D eigenvalue weighted by Crippen LogP contribution is 2.22. The van der Waals surface area contributed by atoms with Crippen molar-refractivity contribution in [3.63, 3.8) is 0 Å². The van der Waals surface area contributed by atoms with Crippen molar-refractivity contribution in [2.75, 3.05) is 24.5 Å². The van der Waals surface area contributed by atoms with E-state index in [4.69, 9.17) is 0 Å². The minimum atomic E-state index is 0. The van der Waals surface area contributed by atoms with Crippen molar-refractivity contribution in [1.29, 1.82) is 0 Å². The smallest absolute Gasteiger partial charge is 0.221 e. The van der Waals surface area contributed by atoms with Crippen LogP contribution in [0.3, 0.4) is 0 Å². The monoisotopic (exact) mass is 361 g/mol. The van der Waals surface area contributed by atoms with Gasteiger partial charge in [-0.15, -0.1) is 29.9 Å². The first kappa shape index (κ1) is 19.9. The molecular weight excluding hydrogens is 337 g/mol. The van der Waals surface area contributed by atoms with Crippen LogP contribution in [-0.2, 0) is 4.79 Å². The highest BCUT2D eigenvalue weighted by Gasteiger charge is 2.26. The number of hydrogen-bond acceptors (Lipinski definition) is 5. The summed E-state index contributed by atoms with van der Waals surface area (Å²) < 4.78 is 0. The number of nitrogens with zero attached hydrogens (tertiary/aromatic N) is 3. The summed E-state index contributed by atoms with van der Waals surface area (Å²) in [5, 5.41) is 14.6. The Morgan fingerprint density at radius 3 is 2.91 bits per heavy atom. The maximum Gasteiger partial charge on any atom is 0.221 e. The molecule has 23 heavy (non-hydrogen) atoms. The van der Waals surface area contributed by atoms with Crippen LogP contribution in [-0.4, -0.2) is 47.8 Å². The third kappa shape index (κ3) is 5.48. The van der Waals surface area contributed by atoms with Crippen molar-refractivity contribution in [3.05, 3.63) is 18.3 Å². The van der Waals surface area contributed by atoms with Crippen molar-refractivity contribution in [2.24, 2.45) is 0 Å². The number of amides is 1. The minimum Gasteiger partial charge on any atom is -0.354 e. The van der Waals surface area contributed by atoms with Gasteiger partial charge in [0.2, 0.25) is 5.91 Å². The Morgan fingerprint density at radius 1 is 1.35 bits per heavy atom. The third-order valence-electron chi connectivity index (χ3n) is 4.36. The summed E-state index contributed by atoms with van der Waals surface area (Å²) in [5.41, 5.74) is 0. The lowest BCUT2D eigenvalue weighted by Gasteiger charge is -2.25. The molecule has 1 aromatic heterocycles. The molecule has 0 bridgehead atoms. The van der Waals surface area contributed by atoms with Crippen LogP contribution in [0.1, 0.15) is 32.1 Å². The fourth-order valence-electron chi connectivity index (χ4n) is 3.25. The summed E-state index contributed by atoms with van der Waals surface area (Å²) in [5.74, 6) is 1.06. The average molecular weight is 362 g/mol. The van der Waals surface area contributed by atoms with Crippen LogP contribution in [0, 0.1) is 0 Å². The summed E-state index contributed by atoms with van der Waals surface area (Å²) in [7, 11) is 0. The van der Waals surface area contributed by atoms with E-state index in [1.165, 1.54) is 6.42 Å². The Bertz CT molecular complexity index is 470. The molecule has 1 aromatic rings. The first-order valence-corrected chi connectivity index (χ1v) is 7.87. The Kier molecular flexibility index (Phi) is 8.58. The highest BCUT2D eigenvalue weighted by molar-refractivity contribution is 5.85. The van der Waals surface area contributed by atoms with E-state index in [9.17, 15) is 4.79 Å². The minimum absolute atomic E-state index is 0. The van der Waals surface area contributed by atoms with Crippen LogP contribution < -0.4 is 15.5 Å². The second kappa shape index (κ2) is 9.90. The molecule has 6 nitrogen and oxygen atoms in total. The van der Waals surface area contributed by atoms with E-state index < -0.39 is 0 Å². The second-order valence-electron chi connectivity index (χ2n) is 5.87. The molecule has 2 unspecified atom stereocenters. The molecule has 0 saturated carbocycles. The molecular formula is C15H25Cl2N5O. The van der Waals surface area contributed by atoms with E-state index in [1.54, 1.807) is 6.20 Å². The van der Waals surface area contributed by atoms with Crippen molar-refractivity contribution in [3.8, 4) is 0 Å². The zero-order valence-corrected chi connectivity index (χ0v) is 14.7. The van der Waals surface area contributed by atoms with Crippen molar-refractivity contribution >= 4 is 36.5 Å². The zero-order valence-electron chi connectivity index (χ0n) is 13.1. The van der Waals surface area contributed by atoms with Gasteiger partial charge in [0.25, 0.3) is 0 Å². The molecule has 1 amide bonds. The summed E-state index contributed by atoms with van der Waals surface area (Å²) in [6, 6.07) is 4.59. The van der Waals surface area contributed by atoms with Gasteiger partial charge < -0.3 is 15.5 Å². The fraction of sp³-hybridized carbons (Fsp3) is 0.667. The van der Waals surface area contributed by atoms with E-state index in [0.29, 0.717) is 25.0 Å². The van der Waals surface area contributed by atoms with Gasteiger partial charge in [-0.05, 0) is 44.4 Å². The van der Waals surface area contributed by atoms with Crippen LogP contribution in [0.5, 0.6) is 0 Å². The number of rotatable bonds is 5. The molecule has 0 aromatic carbocycles. The number of hydrogen-bond donors (Lipinski definition) is 2. The fourth-order valence-corrected chi connectivity index (χ4v) is 3.25. The maximum atomic E-state index is 12.0. The topological polar surface area (TPSA) is 70.2 Å². The molecule has 0 aliphatic carbocycles. The number of nitrogens with one attached hydrogen (secondary N) is 2. The van der Waals surface area contributed by atoms with E-state index in [0.717, 1.165) is 38.2 Å². The van der Waals surface area contributed by atoms with Crippen LogP contribution in [0.25, 0.3) is 0 Å². The molecule has 2 N–H and O–H groups in total. The lowest BCUT2D eigenvalue weighted by molar-refractivity contribution is -0.121. The van der Waals surface area contributed by atoms with Gasteiger partial charge in [-0.2, -0.15) is 5.10 Å². The van der Waals surface area contributed by atoms with E-state index in [1.807, 2.05) is 12.1 Å². The molecule has 2 fully saturated rings. The standard InChI is InChI=1S/C15H23N5O.2ClH/c21-15(10-12-4-1-7-16-12)17-11-13-5-3-9-20(13)14-6-2-8-18-19-14;;/h2,6,8,12-13,16H,1,3-5,7,9-11H2,(H,17,21);2*1H. The van der Waals surface area contributed by atoms with Crippen LogP contribution in [0.2, 0.25) is 0 Å².